The number of halogens is 1. The van der Waals surface area contributed by atoms with Gasteiger partial charge in [0.15, 0.2) is 16.6 Å². The Labute approximate surface area is 222 Å². The number of fused-ring (bicyclic) bond motifs is 1. The average Bonchev–Trinajstić information content (AvgIpc) is 3.45. The maximum Gasteiger partial charge on any atom is 0.301 e. The normalized spacial score (nSPS) is 16.8. The number of carbonyl (C=O) groups excluding carboxylic acids is 2. The fraction of sp³-hybridized carbons (Fsp3) is 0.207. The molecule has 1 aromatic heterocycles. The van der Waals surface area contributed by atoms with Crippen molar-refractivity contribution in [2.24, 2.45) is 0 Å². The molecule has 1 aliphatic rings. The van der Waals surface area contributed by atoms with Gasteiger partial charge in [0, 0.05) is 5.56 Å². The van der Waals surface area contributed by atoms with E-state index in [2.05, 4.69) is 4.98 Å². The minimum atomic E-state index is -1.000. The van der Waals surface area contributed by atoms with Crippen LogP contribution in [-0.2, 0) is 9.59 Å². The number of hydrogen-bond acceptors (Lipinski definition) is 7. The average molecular weight is 533 g/mol. The van der Waals surface area contributed by atoms with Crippen LogP contribution < -0.4 is 14.4 Å². The number of ether oxygens (including phenoxy) is 2. The standard InChI is InChI=1S/C29H25FN2O5S/c1-3-14-37-21-13-10-18(15-22(21)36-4-2)25-24(26(33)17-8-6-5-7-9-17)27(34)28(35)32(25)29-31-20-12-11-19(30)16-23(20)38-29/h5-13,15-16,25,33H,3-4,14H2,1-2H3/b26-24+. The van der Waals surface area contributed by atoms with Gasteiger partial charge in [0.1, 0.15) is 11.6 Å². The molecule has 38 heavy (non-hydrogen) atoms. The van der Waals surface area contributed by atoms with E-state index < -0.39 is 23.5 Å². The van der Waals surface area contributed by atoms with Gasteiger partial charge in [-0.1, -0.05) is 54.7 Å². The molecule has 194 valence electrons. The van der Waals surface area contributed by atoms with E-state index in [-0.39, 0.29) is 16.5 Å². The van der Waals surface area contributed by atoms with Crippen LogP contribution in [0.5, 0.6) is 11.5 Å². The van der Waals surface area contributed by atoms with Crippen LogP contribution in [0.1, 0.15) is 37.4 Å². The highest BCUT2D eigenvalue weighted by Crippen LogP contribution is 2.46. The maximum absolute atomic E-state index is 13.9. The van der Waals surface area contributed by atoms with Gasteiger partial charge < -0.3 is 14.6 Å². The summed E-state index contributed by atoms with van der Waals surface area (Å²) in [5.41, 5.74) is 1.35. The Hall–Kier alpha value is -4.24. The van der Waals surface area contributed by atoms with Crippen LogP contribution in [0.4, 0.5) is 9.52 Å². The van der Waals surface area contributed by atoms with Gasteiger partial charge in [0.25, 0.3) is 5.78 Å². The van der Waals surface area contributed by atoms with Gasteiger partial charge in [-0.15, -0.1) is 0 Å². The first-order chi connectivity index (χ1) is 18.4. The van der Waals surface area contributed by atoms with E-state index in [1.807, 2.05) is 13.8 Å². The quantitative estimate of drug-likeness (QED) is 0.164. The van der Waals surface area contributed by atoms with Crippen molar-refractivity contribution in [3.8, 4) is 11.5 Å². The van der Waals surface area contributed by atoms with Crippen LogP contribution >= 0.6 is 11.3 Å². The highest BCUT2D eigenvalue weighted by molar-refractivity contribution is 7.22. The van der Waals surface area contributed by atoms with Gasteiger partial charge in [-0.25, -0.2) is 9.37 Å². The summed E-state index contributed by atoms with van der Waals surface area (Å²) in [5, 5.41) is 11.5. The zero-order valence-electron chi connectivity index (χ0n) is 20.8. The molecule has 1 atom stereocenters. The lowest BCUT2D eigenvalue weighted by molar-refractivity contribution is -0.132. The molecule has 1 fully saturated rings. The number of rotatable bonds is 8. The third-order valence-corrected chi connectivity index (χ3v) is 7.10. The highest BCUT2D eigenvalue weighted by Gasteiger charge is 2.48. The van der Waals surface area contributed by atoms with E-state index in [0.717, 1.165) is 17.8 Å². The topological polar surface area (TPSA) is 89.0 Å². The number of nitrogens with zero attached hydrogens (tertiary/aromatic N) is 2. The largest absolute Gasteiger partial charge is 0.507 e. The van der Waals surface area contributed by atoms with E-state index in [0.29, 0.717) is 46.1 Å². The fourth-order valence-electron chi connectivity index (χ4n) is 4.38. The number of aliphatic hydroxyl groups excluding tert-OH is 1. The molecule has 4 aromatic rings. The molecule has 0 spiro atoms. The summed E-state index contributed by atoms with van der Waals surface area (Å²) in [5.74, 6) is -1.42. The maximum atomic E-state index is 13.9. The summed E-state index contributed by atoms with van der Waals surface area (Å²) in [4.78, 5) is 32.7. The molecule has 0 radical (unpaired) electrons. The van der Waals surface area contributed by atoms with Gasteiger partial charge in [-0.2, -0.15) is 0 Å². The number of amides is 1. The summed E-state index contributed by atoms with van der Waals surface area (Å²) < 4.78 is 26.1. The van der Waals surface area contributed by atoms with Crippen molar-refractivity contribution in [3.63, 3.8) is 0 Å². The summed E-state index contributed by atoms with van der Waals surface area (Å²) >= 11 is 1.09. The summed E-state index contributed by atoms with van der Waals surface area (Å²) in [7, 11) is 0. The Morgan fingerprint density at radius 2 is 1.82 bits per heavy atom. The van der Waals surface area contributed by atoms with Gasteiger partial charge in [0.05, 0.1) is 35.0 Å². The van der Waals surface area contributed by atoms with Crippen LogP contribution in [0.25, 0.3) is 16.0 Å². The number of carbonyl (C=O) groups is 2. The number of hydrogen-bond donors (Lipinski definition) is 1. The zero-order valence-corrected chi connectivity index (χ0v) is 21.6. The molecule has 1 N–H and O–H groups in total. The van der Waals surface area contributed by atoms with E-state index in [1.165, 1.54) is 23.1 Å². The van der Waals surface area contributed by atoms with Crippen LogP contribution in [-0.4, -0.2) is 35.0 Å². The molecule has 0 aliphatic carbocycles. The molecule has 1 saturated heterocycles. The predicted molar refractivity (Wildman–Crippen MR) is 144 cm³/mol. The van der Waals surface area contributed by atoms with E-state index in [1.54, 1.807) is 48.5 Å². The second kappa shape index (κ2) is 10.6. The van der Waals surface area contributed by atoms with Crippen molar-refractivity contribution in [1.82, 2.24) is 4.98 Å². The van der Waals surface area contributed by atoms with Crippen LogP contribution in [0.2, 0.25) is 0 Å². The molecule has 5 rings (SSSR count). The molecule has 3 aromatic carbocycles. The molecule has 1 unspecified atom stereocenters. The Bertz CT molecular complexity index is 1550. The van der Waals surface area contributed by atoms with Crippen molar-refractivity contribution < 1.29 is 28.6 Å². The number of benzene rings is 3. The summed E-state index contributed by atoms with van der Waals surface area (Å²) in [6, 6.07) is 16.9. The van der Waals surface area contributed by atoms with E-state index >= 15 is 0 Å². The van der Waals surface area contributed by atoms with E-state index in [9.17, 15) is 19.1 Å². The van der Waals surface area contributed by atoms with Gasteiger partial charge >= 0.3 is 5.91 Å². The molecular formula is C29H25FN2O5S. The predicted octanol–water partition coefficient (Wildman–Crippen LogP) is 6.25. The number of aliphatic hydroxyl groups is 1. The van der Waals surface area contributed by atoms with Gasteiger partial charge in [-0.05, 0) is 49.2 Å². The first-order valence-electron chi connectivity index (χ1n) is 12.2. The van der Waals surface area contributed by atoms with Crippen LogP contribution in [0, 0.1) is 5.82 Å². The van der Waals surface area contributed by atoms with Crippen molar-refractivity contribution in [2.75, 3.05) is 18.1 Å². The highest BCUT2D eigenvalue weighted by atomic mass is 32.1. The number of anilines is 1. The van der Waals surface area contributed by atoms with Crippen LogP contribution in [0.15, 0.2) is 72.3 Å². The van der Waals surface area contributed by atoms with E-state index in [4.69, 9.17) is 9.47 Å². The molecule has 2 heterocycles. The smallest absolute Gasteiger partial charge is 0.301 e. The second-order valence-corrected chi connectivity index (χ2v) is 9.64. The Kier molecular flexibility index (Phi) is 7.11. The number of ketones is 1. The summed E-state index contributed by atoms with van der Waals surface area (Å²) in [6.45, 7) is 4.71. The molecule has 7 nitrogen and oxygen atoms in total. The lowest BCUT2D eigenvalue weighted by Gasteiger charge is -2.24. The molecule has 0 saturated carbocycles. The monoisotopic (exact) mass is 532 g/mol. The molecule has 1 aliphatic heterocycles. The van der Waals surface area contributed by atoms with Gasteiger partial charge in [-0.3, -0.25) is 14.5 Å². The first-order valence-corrected chi connectivity index (χ1v) is 13.1. The minimum absolute atomic E-state index is 0.0729. The van der Waals surface area contributed by atoms with Crippen molar-refractivity contribution in [2.45, 2.75) is 26.3 Å². The van der Waals surface area contributed by atoms with Crippen molar-refractivity contribution >= 4 is 44.1 Å². The molecule has 0 bridgehead atoms. The lowest BCUT2D eigenvalue weighted by atomic mass is 9.95. The lowest BCUT2D eigenvalue weighted by Crippen LogP contribution is -2.29. The number of Topliss-reactive ketones (excluding diaryl/α,β-unsaturated/α-hetero) is 1. The Morgan fingerprint density at radius 1 is 1.03 bits per heavy atom. The number of aromatic nitrogens is 1. The van der Waals surface area contributed by atoms with Crippen LogP contribution in [0.3, 0.4) is 0 Å². The Morgan fingerprint density at radius 3 is 2.55 bits per heavy atom. The third-order valence-electron chi connectivity index (χ3n) is 6.08. The zero-order chi connectivity index (χ0) is 26.8. The summed E-state index contributed by atoms with van der Waals surface area (Å²) in [6.07, 6.45) is 0.808. The molecule has 1 amide bonds. The van der Waals surface area contributed by atoms with Crippen molar-refractivity contribution in [1.29, 1.82) is 0 Å². The fourth-order valence-corrected chi connectivity index (χ4v) is 5.40. The molecular weight excluding hydrogens is 507 g/mol. The third kappa shape index (κ3) is 4.61. The van der Waals surface area contributed by atoms with Gasteiger partial charge in [0.2, 0.25) is 0 Å². The minimum Gasteiger partial charge on any atom is -0.507 e. The first kappa shape index (κ1) is 25.4. The Balaban J connectivity index is 1.71. The molecule has 9 heteroatoms. The van der Waals surface area contributed by atoms with Crippen molar-refractivity contribution in [3.05, 3.63) is 89.2 Å². The number of thiazole rings is 1. The second-order valence-electron chi connectivity index (χ2n) is 8.63. The SMILES string of the molecule is CCCOc1ccc(C2/C(=C(\O)c3ccccc3)C(=O)C(=O)N2c2nc3ccc(F)cc3s2)cc1OCC.